The molecule has 0 unspecified atom stereocenters. The molecule has 0 saturated heterocycles. The summed E-state index contributed by atoms with van der Waals surface area (Å²) in [6.45, 7) is 5.88. The molecule has 3 aromatic heterocycles. The molecule has 0 aliphatic heterocycles. The highest BCUT2D eigenvalue weighted by Gasteiger charge is 2.24. The summed E-state index contributed by atoms with van der Waals surface area (Å²) in [5, 5.41) is 13.2. The molecular weight excluding hydrogens is 438 g/mol. The van der Waals surface area contributed by atoms with Crippen LogP contribution in [0.5, 0.6) is 5.75 Å². The second kappa shape index (κ2) is 10.2. The Morgan fingerprint density at radius 3 is 2.79 bits per heavy atom. The Kier molecular flexibility index (Phi) is 6.87. The van der Waals surface area contributed by atoms with Gasteiger partial charge in [0, 0.05) is 24.3 Å². The minimum Gasteiger partial charge on any atom is -0.490 e. The molecule has 4 aromatic rings. The number of nitrogens with zero attached hydrogens (tertiary/aromatic N) is 5. The van der Waals surface area contributed by atoms with Crippen molar-refractivity contribution < 1.29 is 14.2 Å². The van der Waals surface area contributed by atoms with E-state index < -0.39 is 0 Å². The zero-order chi connectivity index (χ0) is 24.1. The van der Waals surface area contributed by atoms with Gasteiger partial charge in [-0.05, 0) is 49.3 Å². The van der Waals surface area contributed by atoms with Crippen molar-refractivity contribution in [2.45, 2.75) is 26.8 Å². The van der Waals surface area contributed by atoms with Gasteiger partial charge in [-0.25, -0.2) is 19.4 Å². The Morgan fingerprint density at radius 1 is 1.24 bits per heavy atom. The number of anilines is 2. The summed E-state index contributed by atoms with van der Waals surface area (Å²) in [6.07, 6.45) is 2.37. The van der Waals surface area contributed by atoms with Crippen LogP contribution in [-0.4, -0.2) is 50.6 Å². The molecule has 1 aromatic carbocycles. The zero-order valence-corrected chi connectivity index (χ0v) is 19.0. The number of nitrogen functional groups attached to an aromatic ring is 1. The van der Waals surface area contributed by atoms with Crippen LogP contribution in [0.2, 0.25) is 0 Å². The van der Waals surface area contributed by atoms with Crippen molar-refractivity contribution >= 4 is 28.6 Å². The first-order chi connectivity index (χ1) is 16.6. The van der Waals surface area contributed by atoms with Crippen LogP contribution in [0, 0.1) is 0 Å². The molecule has 178 valence electrons. The van der Waals surface area contributed by atoms with Gasteiger partial charge in [0.25, 0.3) is 0 Å². The molecule has 0 fully saturated rings. The number of carbonyl (C=O) groups is 1. The Hall–Kier alpha value is -4.19. The number of aromatic nitrogens is 5. The lowest BCUT2D eigenvalue weighted by Crippen LogP contribution is -2.28. The molecular formula is C22H27N9O3. The molecule has 12 heteroatoms. The van der Waals surface area contributed by atoms with Crippen molar-refractivity contribution in [1.29, 1.82) is 0 Å². The molecule has 34 heavy (non-hydrogen) atoms. The lowest BCUT2D eigenvalue weighted by molar-refractivity contribution is 0.252. The van der Waals surface area contributed by atoms with E-state index in [1.165, 1.54) is 0 Å². The van der Waals surface area contributed by atoms with E-state index in [1.54, 1.807) is 12.3 Å². The smallest absolute Gasteiger partial charge is 0.319 e. The number of amides is 2. The molecule has 0 aliphatic rings. The number of urea groups is 1. The summed E-state index contributed by atoms with van der Waals surface area (Å²) in [5.74, 6) is 1.20. The van der Waals surface area contributed by atoms with E-state index in [9.17, 15) is 4.79 Å². The van der Waals surface area contributed by atoms with Crippen LogP contribution in [0.15, 0.2) is 35.1 Å². The number of carbonyl (C=O) groups excluding carboxylic acids is 1. The predicted octanol–water partition coefficient (Wildman–Crippen LogP) is 2.62. The number of fused-ring (bicyclic) bond motifs is 1. The van der Waals surface area contributed by atoms with Crippen molar-refractivity contribution in [3.05, 3.63) is 30.5 Å². The van der Waals surface area contributed by atoms with E-state index in [1.807, 2.05) is 36.6 Å². The number of imidazole rings is 1. The summed E-state index contributed by atoms with van der Waals surface area (Å²) in [4.78, 5) is 21.5. The van der Waals surface area contributed by atoms with Gasteiger partial charge in [-0.15, -0.1) is 0 Å². The van der Waals surface area contributed by atoms with Gasteiger partial charge in [0.1, 0.15) is 11.0 Å². The van der Waals surface area contributed by atoms with Gasteiger partial charge in [0.05, 0.1) is 18.5 Å². The van der Waals surface area contributed by atoms with Gasteiger partial charge in [-0.3, -0.25) is 0 Å². The Balaban J connectivity index is 1.87. The highest BCUT2D eigenvalue weighted by molar-refractivity contribution is 5.97. The number of nitrogens with one attached hydrogen (secondary N) is 2. The van der Waals surface area contributed by atoms with E-state index >= 15 is 0 Å². The number of nitrogens with two attached hydrogens (primary N) is 2. The molecule has 2 amide bonds. The minimum atomic E-state index is -0.284. The first kappa shape index (κ1) is 23.0. The van der Waals surface area contributed by atoms with Crippen LogP contribution < -0.4 is 26.8 Å². The first-order valence-electron chi connectivity index (χ1n) is 11.0. The molecule has 6 N–H and O–H groups in total. The average Bonchev–Trinajstić information content (AvgIpc) is 3.42. The first-order valence-corrected chi connectivity index (χ1v) is 11.0. The third-order valence-corrected chi connectivity index (χ3v) is 5.12. The number of aryl methyl sites for hydroxylation is 1. The number of hydrogen-bond donors (Lipinski definition) is 4. The van der Waals surface area contributed by atoms with Crippen LogP contribution in [0.25, 0.3) is 33.8 Å². The molecule has 0 aliphatic carbocycles. The van der Waals surface area contributed by atoms with Crippen molar-refractivity contribution in [3.63, 3.8) is 0 Å². The summed E-state index contributed by atoms with van der Waals surface area (Å²) >= 11 is 0. The van der Waals surface area contributed by atoms with Gasteiger partial charge in [0.15, 0.2) is 23.1 Å². The monoisotopic (exact) mass is 465 g/mol. The fourth-order valence-electron chi connectivity index (χ4n) is 3.61. The molecule has 0 saturated carbocycles. The topological polar surface area (TPSA) is 172 Å². The largest absolute Gasteiger partial charge is 0.490 e. The van der Waals surface area contributed by atoms with E-state index in [-0.39, 0.29) is 11.8 Å². The van der Waals surface area contributed by atoms with Gasteiger partial charge < -0.3 is 31.4 Å². The van der Waals surface area contributed by atoms with E-state index in [4.69, 9.17) is 25.8 Å². The number of benzene rings is 1. The fourth-order valence-corrected chi connectivity index (χ4v) is 3.61. The second-order valence-corrected chi connectivity index (χ2v) is 7.40. The van der Waals surface area contributed by atoms with Crippen LogP contribution in [0.3, 0.4) is 0 Å². The van der Waals surface area contributed by atoms with Crippen molar-refractivity contribution in [2.75, 3.05) is 30.7 Å². The number of ether oxygens (including phenoxy) is 1. The summed E-state index contributed by atoms with van der Waals surface area (Å²) < 4.78 is 12.7. The van der Waals surface area contributed by atoms with Crippen LogP contribution in [-0.2, 0) is 6.54 Å². The normalized spacial score (nSPS) is 11.0. The van der Waals surface area contributed by atoms with Crippen LogP contribution in [0.1, 0.15) is 20.3 Å². The zero-order valence-electron chi connectivity index (χ0n) is 19.0. The van der Waals surface area contributed by atoms with E-state index in [0.29, 0.717) is 66.8 Å². The average molecular weight is 466 g/mol. The minimum absolute atomic E-state index is 0.137. The Morgan fingerprint density at radius 2 is 2.09 bits per heavy atom. The van der Waals surface area contributed by atoms with Gasteiger partial charge in [0.2, 0.25) is 0 Å². The third-order valence-electron chi connectivity index (χ3n) is 5.12. The molecule has 4 rings (SSSR count). The van der Waals surface area contributed by atoms with Crippen molar-refractivity contribution in [1.82, 2.24) is 30.2 Å². The van der Waals surface area contributed by atoms with E-state index in [2.05, 4.69) is 25.9 Å². The summed E-state index contributed by atoms with van der Waals surface area (Å²) in [5.41, 5.74) is 15.3. The van der Waals surface area contributed by atoms with Crippen molar-refractivity contribution in [2.24, 2.45) is 5.73 Å². The predicted molar refractivity (Wildman–Crippen MR) is 128 cm³/mol. The third kappa shape index (κ3) is 4.48. The van der Waals surface area contributed by atoms with Crippen LogP contribution >= 0.6 is 0 Å². The lowest BCUT2D eigenvalue weighted by Gasteiger charge is -2.12. The van der Waals surface area contributed by atoms with Gasteiger partial charge in [-0.1, -0.05) is 12.1 Å². The molecule has 0 atom stereocenters. The highest BCUT2D eigenvalue weighted by atomic mass is 16.6. The highest BCUT2D eigenvalue weighted by Crippen LogP contribution is 2.37. The van der Waals surface area contributed by atoms with Crippen molar-refractivity contribution in [3.8, 4) is 28.5 Å². The number of pyridine rings is 1. The quantitative estimate of drug-likeness (QED) is 0.271. The molecule has 0 radical (unpaired) electrons. The maximum atomic E-state index is 12.0. The number of hydrogen-bond acceptors (Lipinski definition) is 9. The molecule has 12 nitrogen and oxygen atoms in total. The maximum Gasteiger partial charge on any atom is 0.319 e. The van der Waals surface area contributed by atoms with Crippen LogP contribution in [0.4, 0.5) is 16.3 Å². The van der Waals surface area contributed by atoms with Gasteiger partial charge in [-0.2, -0.15) is 0 Å². The summed E-state index contributed by atoms with van der Waals surface area (Å²) in [6, 6.07) is 7.09. The van der Waals surface area contributed by atoms with E-state index in [0.717, 1.165) is 11.1 Å². The standard InChI is InChI=1S/C22H27N9O3/c1-3-25-22(32)27-14-8-5-7-13(11-14)16-17-19(15(12-26-16)33-10-6-9-23)31(4-2)21(28-17)18-20(24)30-34-29-18/h5,7-8,11-12H,3-4,6,9-10,23H2,1-2H3,(H2,24,30)(H2,25,27,32). The number of rotatable bonds is 9. The molecule has 0 spiro atoms. The Bertz CT molecular complexity index is 1300. The SMILES string of the molecule is CCNC(=O)Nc1cccc(-c2ncc(OCCCN)c3c2nc(-c2nonc2N)n3CC)c1. The van der Waals surface area contributed by atoms with Gasteiger partial charge >= 0.3 is 6.03 Å². The molecule has 3 heterocycles. The molecule has 0 bridgehead atoms. The Labute approximate surface area is 195 Å². The maximum absolute atomic E-state index is 12.0. The lowest BCUT2D eigenvalue weighted by atomic mass is 10.1. The summed E-state index contributed by atoms with van der Waals surface area (Å²) in [7, 11) is 0. The fraction of sp³-hybridized carbons (Fsp3) is 0.318. The second-order valence-electron chi connectivity index (χ2n) is 7.40.